The minimum absolute atomic E-state index is 0.800. The minimum atomic E-state index is 0.800. The molecule has 1 fully saturated rings. The molecule has 100 valence electrons. The molecule has 0 atom stereocenters. The molecule has 0 aliphatic carbocycles. The van der Waals surface area contributed by atoms with Gasteiger partial charge in [-0.3, -0.25) is 0 Å². The fourth-order valence-electron chi connectivity index (χ4n) is 2.61. The molecule has 0 unspecified atom stereocenters. The summed E-state index contributed by atoms with van der Waals surface area (Å²) in [4.78, 5) is 2.53. The highest BCUT2D eigenvalue weighted by Gasteiger charge is 2.17. The van der Waals surface area contributed by atoms with E-state index in [2.05, 4.69) is 30.1 Å². The van der Waals surface area contributed by atoms with Gasteiger partial charge in [-0.15, -0.1) is 0 Å². The van der Waals surface area contributed by atoms with Crippen LogP contribution in [0.2, 0.25) is 0 Å². The van der Waals surface area contributed by atoms with Gasteiger partial charge in [0.05, 0.1) is 0 Å². The zero-order valence-electron chi connectivity index (χ0n) is 11.6. The standard InChI is InChI=1S/C15H25N3/c1-3-18-9-7-13(8-10-18)11-17-15-6-4-5-14(16)12(15)2/h4-6,13,17H,3,7-11,16H2,1-2H3. The number of nitrogen functional groups attached to an aromatic ring is 1. The van der Waals surface area contributed by atoms with Gasteiger partial charge in [-0.25, -0.2) is 0 Å². The van der Waals surface area contributed by atoms with Gasteiger partial charge in [0, 0.05) is 17.9 Å². The Labute approximate surface area is 110 Å². The lowest BCUT2D eigenvalue weighted by Crippen LogP contribution is -2.35. The lowest BCUT2D eigenvalue weighted by Gasteiger charge is -2.31. The lowest BCUT2D eigenvalue weighted by atomic mass is 9.96. The summed E-state index contributed by atoms with van der Waals surface area (Å²) in [6, 6.07) is 6.09. The number of nitrogens with one attached hydrogen (secondary N) is 1. The van der Waals surface area contributed by atoms with E-state index in [9.17, 15) is 0 Å². The Hall–Kier alpha value is -1.22. The van der Waals surface area contributed by atoms with E-state index in [1.807, 2.05) is 12.1 Å². The SMILES string of the molecule is CCN1CCC(CNc2cccc(N)c2C)CC1. The van der Waals surface area contributed by atoms with Crippen LogP contribution in [-0.2, 0) is 0 Å². The van der Waals surface area contributed by atoms with Gasteiger partial charge in [0.1, 0.15) is 0 Å². The summed E-state index contributed by atoms with van der Waals surface area (Å²) in [6.07, 6.45) is 2.62. The van der Waals surface area contributed by atoms with Crippen LogP contribution < -0.4 is 11.1 Å². The second-order valence-electron chi connectivity index (χ2n) is 5.28. The third-order valence-electron chi connectivity index (χ3n) is 4.11. The van der Waals surface area contributed by atoms with Gasteiger partial charge >= 0.3 is 0 Å². The molecule has 1 aromatic rings. The van der Waals surface area contributed by atoms with E-state index in [1.165, 1.54) is 43.7 Å². The predicted octanol–water partition coefficient (Wildman–Crippen LogP) is 2.72. The van der Waals surface area contributed by atoms with Crippen LogP contribution in [0.1, 0.15) is 25.3 Å². The van der Waals surface area contributed by atoms with E-state index in [-0.39, 0.29) is 0 Å². The van der Waals surface area contributed by atoms with Crippen molar-refractivity contribution in [2.75, 3.05) is 37.2 Å². The Morgan fingerprint density at radius 2 is 2.06 bits per heavy atom. The number of piperidine rings is 1. The van der Waals surface area contributed by atoms with Gasteiger partial charge in [-0.05, 0) is 63.0 Å². The summed E-state index contributed by atoms with van der Waals surface area (Å²) in [5.41, 5.74) is 9.15. The molecule has 3 nitrogen and oxygen atoms in total. The fraction of sp³-hybridized carbons (Fsp3) is 0.600. The van der Waals surface area contributed by atoms with Crippen molar-refractivity contribution >= 4 is 11.4 Å². The molecule has 1 heterocycles. The molecule has 2 rings (SSSR count). The summed E-state index contributed by atoms with van der Waals surface area (Å²) in [5.74, 6) is 0.800. The van der Waals surface area contributed by atoms with E-state index in [0.717, 1.165) is 18.2 Å². The first kappa shape index (κ1) is 13.2. The average molecular weight is 247 g/mol. The number of anilines is 2. The number of likely N-dealkylation sites (tertiary alicyclic amines) is 1. The molecular weight excluding hydrogens is 222 g/mol. The number of benzene rings is 1. The third-order valence-corrected chi connectivity index (χ3v) is 4.11. The van der Waals surface area contributed by atoms with Crippen LogP contribution in [0.3, 0.4) is 0 Å². The largest absolute Gasteiger partial charge is 0.398 e. The maximum atomic E-state index is 5.92. The Morgan fingerprint density at radius 1 is 1.33 bits per heavy atom. The van der Waals surface area contributed by atoms with Gasteiger partial charge in [0.25, 0.3) is 0 Å². The van der Waals surface area contributed by atoms with E-state index >= 15 is 0 Å². The molecule has 1 aliphatic rings. The number of nitrogens with two attached hydrogens (primary N) is 1. The Balaban J connectivity index is 1.83. The molecule has 0 aromatic heterocycles. The third kappa shape index (κ3) is 3.16. The van der Waals surface area contributed by atoms with Crippen molar-refractivity contribution in [3.05, 3.63) is 23.8 Å². The predicted molar refractivity (Wildman–Crippen MR) is 78.9 cm³/mol. The van der Waals surface area contributed by atoms with Crippen molar-refractivity contribution in [1.82, 2.24) is 4.90 Å². The number of hydrogen-bond acceptors (Lipinski definition) is 3. The highest BCUT2D eigenvalue weighted by atomic mass is 15.1. The summed E-state index contributed by atoms with van der Waals surface area (Å²) in [7, 11) is 0. The maximum Gasteiger partial charge on any atom is 0.0390 e. The first-order valence-corrected chi connectivity index (χ1v) is 7.02. The lowest BCUT2D eigenvalue weighted by molar-refractivity contribution is 0.198. The highest BCUT2D eigenvalue weighted by Crippen LogP contribution is 2.22. The van der Waals surface area contributed by atoms with Crippen molar-refractivity contribution in [1.29, 1.82) is 0 Å². The maximum absolute atomic E-state index is 5.92. The average Bonchev–Trinajstić information content (AvgIpc) is 2.41. The molecule has 0 amide bonds. The fourth-order valence-corrected chi connectivity index (χ4v) is 2.61. The van der Waals surface area contributed by atoms with E-state index < -0.39 is 0 Å². The molecule has 3 heteroatoms. The molecule has 18 heavy (non-hydrogen) atoms. The van der Waals surface area contributed by atoms with Crippen molar-refractivity contribution < 1.29 is 0 Å². The van der Waals surface area contributed by atoms with Gasteiger partial charge in [0.15, 0.2) is 0 Å². The quantitative estimate of drug-likeness (QED) is 0.804. The summed E-state index contributed by atoms with van der Waals surface area (Å²) in [6.45, 7) is 9.08. The van der Waals surface area contributed by atoms with E-state index in [4.69, 9.17) is 5.73 Å². The van der Waals surface area contributed by atoms with Crippen molar-refractivity contribution in [2.24, 2.45) is 5.92 Å². The number of nitrogens with zero attached hydrogens (tertiary/aromatic N) is 1. The molecule has 0 radical (unpaired) electrons. The van der Waals surface area contributed by atoms with Crippen LogP contribution in [-0.4, -0.2) is 31.1 Å². The summed E-state index contributed by atoms with van der Waals surface area (Å²) in [5, 5.41) is 3.56. The molecule has 0 spiro atoms. The van der Waals surface area contributed by atoms with Gasteiger partial charge in [0.2, 0.25) is 0 Å². The number of hydrogen-bond donors (Lipinski definition) is 2. The monoisotopic (exact) mass is 247 g/mol. The van der Waals surface area contributed by atoms with Crippen LogP contribution in [0.5, 0.6) is 0 Å². The molecule has 3 N–H and O–H groups in total. The van der Waals surface area contributed by atoms with Crippen LogP contribution in [0.25, 0.3) is 0 Å². The van der Waals surface area contributed by atoms with Crippen molar-refractivity contribution in [3.8, 4) is 0 Å². The van der Waals surface area contributed by atoms with Crippen LogP contribution in [0, 0.1) is 12.8 Å². The molecular formula is C15H25N3. The zero-order valence-corrected chi connectivity index (χ0v) is 11.6. The minimum Gasteiger partial charge on any atom is -0.398 e. The first-order chi connectivity index (χ1) is 8.70. The van der Waals surface area contributed by atoms with Crippen LogP contribution >= 0.6 is 0 Å². The smallest absolute Gasteiger partial charge is 0.0390 e. The molecule has 1 aliphatic heterocycles. The topological polar surface area (TPSA) is 41.3 Å². The Kier molecular flexibility index (Phi) is 4.48. The van der Waals surface area contributed by atoms with Crippen LogP contribution in [0.15, 0.2) is 18.2 Å². The van der Waals surface area contributed by atoms with Crippen molar-refractivity contribution in [2.45, 2.75) is 26.7 Å². The molecule has 0 bridgehead atoms. The molecule has 1 saturated heterocycles. The Bertz CT molecular complexity index is 381. The summed E-state index contributed by atoms with van der Waals surface area (Å²) < 4.78 is 0. The second kappa shape index (κ2) is 6.10. The second-order valence-corrected chi connectivity index (χ2v) is 5.28. The number of rotatable bonds is 4. The normalized spacial score (nSPS) is 17.9. The van der Waals surface area contributed by atoms with Crippen molar-refractivity contribution in [3.63, 3.8) is 0 Å². The van der Waals surface area contributed by atoms with Gasteiger partial charge in [-0.1, -0.05) is 13.0 Å². The first-order valence-electron chi connectivity index (χ1n) is 7.02. The van der Waals surface area contributed by atoms with E-state index in [1.54, 1.807) is 0 Å². The summed E-state index contributed by atoms with van der Waals surface area (Å²) >= 11 is 0. The van der Waals surface area contributed by atoms with Crippen LogP contribution in [0.4, 0.5) is 11.4 Å². The van der Waals surface area contributed by atoms with E-state index in [0.29, 0.717) is 0 Å². The molecule has 0 saturated carbocycles. The zero-order chi connectivity index (χ0) is 13.0. The Morgan fingerprint density at radius 3 is 2.72 bits per heavy atom. The van der Waals surface area contributed by atoms with Gasteiger partial charge in [-0.2, -0.15) is 0 Å². The molecule has 1 aromatic carbocycles. The van der Waals surface area contributed by atoms with Gasteiger partial charge < -0.3 is 16.0 Å². The highest BCUT2D eigenvalue weighted by molar-refractivity contribution is 5.62.